The lowest BCUT2D eigenvalue weighted by Crippen LogP contribution is -2.08. The van der Waals surface area contributed by atoms with Crippen molar-refractivity contribution < 1.29 is 14.4 Å². The molecule has 0 spiro atoms. The van der Waals surface area contributed by atoms with E-state index in [9.17, 15) is 10.1 Å². The van der Waals surface area contributed by atoms with Gasteiger partial charge in [0, 0.05) is 18.1 Å². The van der Waals surface area contributed by atoms with E-state index < -0.39 is 4.92 Å². The number of nitro groups is 1. The minimum atomic E-state index is -0.530. The molecular weight excluding hydrogens is 360 g/mol. The molecule has 0 amide bonds. The summed E-state index contributed by atoms with van der Waals surface area (Å²) in [4.78, 5) is 23.0. The smallest absolute Gasteiger partial charge is 0.353 e. The van der Waals surface area contributed by atoms with Crippen molar-refractivity contribution in [3.8, 4) is 11.5 Å². The minimum Gasteiger partial charge on any atom is -0.454 e. The van der Waals surface area contributed by atoms with Crippen LogP contribution in [0.3, 0.4) is 0 Å². The largest absolute Gasteiger partial charge is 0.454 e. The molecule has 1 aliphatic heterocycles. The van der Waals surface area contributed by atoms with E-state index in [1.807, 2.05) is 12.1 Å². The Balaban J connectivity index is 1.56. The Morgan fingerprint density at radius 3 is 2.85 bits per heavy atom. The highest BCUT2D eigenvalue weighted by molar-refractivity contribution is 7.13. The van der Waals surface area contributed by atoms with Gasteiger partial charge >= 0.3 is 5.69 Å². The fourth-order valence-electron chi connectivity index (χ4n) is 2.40. The molecule has 26 heavy (non-hydrogen) atoms. The van der Waals surface area contributed by atoms with Crippen molar-refractivity contribution in [1.82, 2.24) is 15.0 Å². The molecule has 0 saturated carbocycles. The number of hydrogen-bond acceptors (Lipinski definition) is 10. The van der Waals surface area contributed by atoms with Crippen molar-refractivity contribution in [3.05, 3.63) is 51.8 Å². The van der Waals surface area contributed by atoms with Crippen LogP contribution >= 0.6 is 11.3 Å². The highest BCUT2D eigenvalue weighted by Gasteiger charge is 2.23. The first-order valence-electron chi connectivity index (χ1n) is 7.49. The van der Waals surface area contributed by atoms with E-state index in [-0.39, 0.29) is 24.1 Å². The fourth-order valence-corrected chi connectivity index (χ4v) is 2.92. The molecule has 11 heteroatoms. The molecule has 10 nitrogen and oxygen atoms in total. The Hall–Kier alpha value is -3.47. The topological polar surface area (TPSA) is 124 Å². The van der Waals surface area contributed by atoms with E-state index in [4.69, 9.17) is 9.47 Å². The predicted molar refractivity (Wildman–Crippen MR) is 94.0 cm³/mol. The van der Waals surface area contributed by atoms with Crippen LogP contribution < -0.4 is 20.1 Å². The Bertz CT molecular complexity index is 949. The van der Waals surface area contributed by atoms with Gasteiger partial charge < -0.3 is 20.1 Å². The van der Waals surface area contributed by atoms with Gasteiger partial charge in [-0.3, -0.25) is 10.1 Å². The molecule has 1 aromatic carbocycles. The van der Waals surface area contributed by atoms with Gasteiger partial charge in [0.2, 0.25) is 18.4 Å². The van der Waals surface area contributed by atoms with Gasteiger partial charge in [0.1, 0.15) is 6.33 Å². The van der Waals surface area contributed by atoms with E-state index in [1.54, 1.807) is 17.6 Å². The standard InChI is InChI=1S/C15H12N6O4S/c22-21(23)12-13(18-7-19-14(12)20-15-16-3-4-26-15)17-6-9-1-2-10-11(5-9)25-8-24-10/h1-5,7H,6,8H2,(H2,16,17,18,19,20). The summed E-state index contributed by atoms with van der Waals surface area (Å²) in [5.41, 5.74) is 0.625. The monoisotopic (exact) mass is 372 g/mol. The molecule has 3 heterocycles. The second kappa shape index (κ2) is 6.80. The van der Waals surface area contributed by atoms with Crippen LogP contribution in [0.5, 0.6) is 11.5 Å². The third-order valence-electron chi connectivity index (χ3n) is 3.56. The number of rotatable bonds is 6. The quantitative estimate of drug-likeness (QED) is 0.496. The van der Waals surface area contributed by atoms with E-state index in [0.29, 0.717) is 23.2 Å². The van der Waals surface area contributed by atoms with Crippen LogP contribution in [-0.4, -0.2) is 26.7 Å². The molecule has 2 aromatic heterocycles. The molecule has 0 bridgehead atoms. The van der Waals surface area contributed by atoms with Crippen LogP contribution in [0, 0.1) is 10.1 Å². The van der Waals surface area contributed by atoms with E-state index in [0.717, 1.165) is 5.56 Å². The van der Waals surface area contributed by atoms with Gasteiger partial charge in [0.15, 0.2) is 16.6 Å². The van der Waals surface area contributed by atoms with Gasteiger partial charge in [-0.15, -0.1) is 11.3 Å². The fraction of sp³-hybridized carbons (Fsp3) is 0.133. The number of benzene rings is 1. The third kappa shape index (κ3) is 3.19. The average molecular weight is 372 g/mol. The first-order chi connectivity index (χ1) is 12.7. The van der Waals surface area contributed by atoms with E-state index in [1.165, 1.54) is 17.7 Å². The second-order valence-corrected chi connectivity index (χ2v) is 6.07. The molecule has 0 aliphatic carbocycles. The average Bonchev–Trinajstić information content (AvgIpc) is 3.30. The summed E-state index contributed by atoms with van der Waals surface area (Å²) in [6.45, 7) is 0.514. The van der Waals surface area contributed by atoms with E-state index >= 15 is 0 Å². The Labute approximate surface area is 151 Å². The Morgan fingerprint density at radius 2 is 2.04 bits per heavy atom. The second-order valence-electron chi connectivity index (χ2n) is 5.18. The summed E-state index contributed by atoms with van der Waals surface area (Å²) in [6.07, 6.45) is 2.85. The summed E-state index contributed by atoms with van der Waals surface area (Å²) in [7, 11) is 0. The molecule has 0 fully saturated rings. The number of nitrogens with zero attached hydrogens (tertiary/aromatic N) is 4. The first-order valence-corrected chi connectivity index (χ1v) is 8.37. The number of ether oxygens (including phenoxy) is 2. The Kier molecular flexibility index (Phi) is 4.19. The maximum absolute atomic E-state index is 11.5. The van der Waals surface area contributed by atoms with Crippen molar-refractivity contribution in [2.24, 2.45) is 0 Å². The number of fused-ring (bicyclic) bond motifs is 1. The minimum absolute atomic E-state index is 0.0770. The summed E-state index contributed by atoms with van der Waals surface area (Å²) < 4.78 is 10.6. The number of hydrogen-bond donors (Lipinski definition) is 2. The lowest BCUT2D eigenvalue weighted by atomic mass is 10.2. The molecule has 1 aliphatic rings. The lowest BCUT2D eigenvalue weighted by Gasteiger charge is -2.09. The molecule has 0 radical (unpaired) electrons. The SMILES string of the molecule is O=[N+]([O-])c1c(NCc2ccc3c(c2)OCO3)ncnc1Nc1nccs1. The maximum Gasteiger partial charge on any atom is 0.353 e. The van der Waals surface area contributed by atoms with Crippen LogP contribution in [0.15, 0.2) is 36.1 Å². The Morgan fingerprint density at radius 1 is 1.19 bits per heavy atom. The van der Waals surface area contributed by atoms with Crippen LogP contribution in [-0.2, 0) is 6.54 Å². The van der Waals surface area contributed by atoms with Crippen LogP contribution in [0.1, 0.15) is 5.56 Å². The predicted octanol–water partition coefficient (Wildman–Crippen LogP) is 2.93. The number of nitrogens with one attached hydrogen (secondary N) is 2. The van der Waals surface area contributed by atoms with Gasteiger partial charge in [0.25, 0.3) is 0 Å². The van der Waals surface area contributed by atoms with E-state index in [2.05, 4.69) is 25.6 Å². The molecule has 0 unspecified atom stereocenters. The third-order valence-corrected chi connectivity index (χ3v) is 4.25. The normalized spacial score (nSPS) is 12.0. The van der Waals surface area contributed by atoms with Crippen molar-refractivity contribution in [3.63, 3.8) is 0 Å². The van der Waals surface area contributed by atoms with Crippen molar-refractivity contribution in [1.29, 1.82) is 0 Å². The lowest BCUT2D eigenvalue weighted by molar-refractivity contribution is -0.383. The molecule has 4 rings (SSSR count). The number of thiazole rings is 1. The molecule has 0 atom stereocenters. The zero-order valence-electron chi connectivity index (χ0n) is 13.2. The molecule has 132 valence electrons. The van der Waals surface area contributed by atoms with Crippen LogP contribution in [0.25, 0.3) is 0 Å². The first kappa shape index (κ1) is 16.0. The molecule has 3 aromatic rings. The van der Waals surface area contributed by atoms with Gasteiger partial charge in [-0.1, -0.05) is 6.07 Å². The zero-order valence-corrected chi connectivity index (χ0v) is 14.0. The molecule has 0 saturated heterocycles. The van der Waals surface area contributed by atoms with Crippen molar-refractivity contribution >= 4 is 33.8 Å². The summed E-state index contributed by atoms with van der Waals surface area (Å²) in [5, 5.41) is 19.6. The highest BCUT2D eigenvalue weighted by Crippen LogP contribution is 2.34. The van der Waals surface area contributed by atoms with Gasteiger partial charge in [-0.25, -0.2) is 15.0 Å². The zero-order chi connectivity index (χ0) is 17.9. The maximum atomic E-state index is 11.5. The van der Waals surface area contributed by atoms with Gasteiger partial charge in [-0.05, 0) is 17.7 Å². The summed E-state index contributed by atoms with van der Waals surface area (Å²) in [5.74, 6) is 1.51. The van der Waals surface area contributed by atoms with Gasteiger partial charge in [-0.2, -0.15) is 0 Å². The summed E-state index contributed by atoms with van der Waals surface area (Å²) >= 11 is 1.31. The van der Waals surface area contributed by atoms with Crippen molar-refractivity contribution in [2.75, 3.05) is 17.4 Å². The molecular formula is C15H12N6O4S. The van der Waals surface area contributed by atoms with Crippen molar-refractivity contribution in [2.45, 2.75) is 6.54 Å². The van der Waals surface area contributed by atoms with Gasteiger partial charge in [0.05, 0.1) is 4.92 Å². The number of aromatic nitrogens is 3. The summed E-state index contributed by atoms with van der Waals surface area (Å²) in [6, 6.07) is 5.46. The van der Waals surface area contributed by atoms with Crippen LogP contribution in [0.2, 0.25) is 0 Å². The van der Waals surface area contributed by atoms with Crippen LogP contribution in [0.4, 0.5) is 22.5 Å². The molecule has 2 N–H and O–H groups in total. The highest BCUT2D eigenvalue weighted by atomic mass is 32.1. The number of anilines is 3.